The Hall–Kier alpha value is -5.47. The second-order valence-electron chi connectivity index (χ2n) is 23.5. The van der Waals surface area contributed by atoms with E-state index in [2.05, 4.69) is 47.6 Å². The van der Waals surface area contributed by atoms with Gasteiger partial charge in [-0.2, -0.15) is 0 Å². The first-order valence-corrected chi connectivity index (χ1v) is 30.1. The normalized spacial score (nSPS) is 21.5. The third-order valence-electron chi connectivity index (χ3n) is 16.2. The molecule has 19 heteroatoms. The van der Waals surface area contributed by atoms with E-state index in [-0.39, 0.29) is 65.9 Å². The molecule has 0 radical (unpaired) electrons. The van der Waals surface area contributed by atoms with Crippen molar-refractivity contribution in [2.45, 2.75) is 165 Å². The molecule has 4 aliphatic rings. The van der Waals surface area contributed by atoms with Crippen LogP contribution >= 0.6 is 23.1 Å². The third kappa shape index (κ3) is 15.7. The number of aromatic nitrogens is 3. The number of carbonyl (C=O) groups is 5. The third-order valence-corrected chi connectivity index (χ3v) is 18.1. The molecular formula is C59H83N11O6S2. The van der Waals surface area contributed by atoms with E-state index in [9.17, 15) is 29.1 Å². The molecule has 17 nitrogen and oxygen atoms in total. The second kappa shape index (κ2) is 26.7. The zero-order valence-electron chi connectivity index (χ0n) is 46.7. The predicted molar refractivity (Wildman–Crippen MR) is 308 cm³/mol. The summed E-state index contributed by atoms with van der Waals surface area (Å²) < 4.78 is 0. The molecule has 2 aromatic carbocycles. The minimum atomic E-state index is -0.863. The molecule has 2 aromatic heterocycles. The number of aliphatic hydroxyl groups excluding tert-OH is 1. The molecule has 0 unspecified atom stereocenters. The topological polar surface area (TPSA) is 219 Å². The quantitative estimate of drug-likeness (QED) is 0.0501. The summed E-state index contributed by atoms with van der Waals surface area (Å²) in [5.74, 6) is -0.701. The molecule has 0 bridgehead atoms. The molecule has 5 amide bonds. The van der Waals surface area contributed by atoms with Gasteiger partial charge in [0.15, 0.2) is 0 Å². The SMILES string of the molecule is Cc1ncsc1-c1ccc([C@H](C)NC(=O)[C@@H]2C[C@@H](O)CN2C(=O)[C@@H](NC(=O)CCCCCCCCN2CCN(C(=O)[C@H]3CCC[C@@H]3C(=O)Nc3cccc(Sc4cnc(N5CCC(C)(N)CC5)cn4)c3)CC2)C(C)(C)C)cc1. The van der Waals surface area contributed by atoms with E-state index >= 15 is 0 Å². The lowest BCUT2D eigenvalue weighted by Crippen LogP contribution is -2.57. The number of piperazine rings is 1. The van der Waals surface area contributed by atoms with E-state index in [4.69, 9.17) is 5.73 Å². The minimum absolute atomic E-state index is 0.0247. The molecule has 6 atom stereocenters. The number of nitrogens with two attached hydrogens (primary N) is 1. The minimum Gasteiger partial charge on any atom is -0.391 e. The van der Waals surface area contributed by atoms with Crippen LogP contribution in [-0.4, -0.2) is 140 Å². The summed E-state index contributed by atoms with van der Waals surface area (Å²) in [6.45, 7) is 17.4. The Morgan fingerprint density at radius 1 is 0.859 bits per heavy atom. The summed E-state index contributed by atoms with van der Waals surface area (Å²) in [6, 6.07) is 13.7. The van der Waals surface area contributed by atoms with Crippen molar-refractivity contribution in [1.82, 2.24) is 40.3 Å². The number of likely N-dealkylation sites (tertiary alicyclic amines) is 1. The molecule has 3 saturated heterocycles. The first kappa shape index (κ1) is 58.7. The number of nitrogens with zero attached hydrogens (tertiary/aromatic N) is 7. The maximum absolute atomic E-state index is 14.2. The van der Waals surface area contributed by atoms with Gasteiger partial charge in [-0.05, 0) is 101 Å². The van der Waals surface area contributed by atoms with Crippen molar-refractivity contribution < 1.29 is 29.1 Å². The maximum Gasteiger partial charge on any atom is 0.246 e. The first-order chi connectivity index (χ1) is 37.3. The molecular weight excluding hydrogens is 1020 g/mol. The number of hydrogen-bond acceptors (Lipinski definition) is 14. The zero-order valence-corrected chi connectivity index (χ0v) is 48.3. The standard InChI is InChI=1S/C59H83N11O6S2/c1-39(41-20-22-42(23-21-41)52-40(2)63-38-77-52)64-55(74)48-34-44(71)37-70(48)57(76)53(58(3,4)5)66-50(72)19-11-9-7-8-10-12-26-67-29-31-69(32-30-67)56(75)47-18-14-17-46(47)54(73)65-43-15-13-16-45(33-43)78-51-36-61-49(35-62-51)68-27-24-59(6,60)25-28-68/h13,15-16,20-23,33,35-36,38-39,44,46-48,53,71H,7-12,14,17-19,24-32,34,37,60H2,1-6H3,(H,64,74)(H,65,73)(H,66,72)/t39-,44+,46-,47-,48-,53+/m0/s1. The molecule has 422 valence electrons. The van der Waals surface area contributed by atoms with Crippen LogP contribution in [0.15, 0.2) is 76.4 Å². The van der Waals surface area contributed by atoms with Gasteiger partial charge in [-0.1, -0.05) is 95.0 Å². The fraction of sp³-hybridized carbons (Fsp3) is 0.593. The van der Waals surface area contributed by atoms with Crippen molar-refractivity contribution in [3.05, 3.63) is 77.7 Å². The summed E-state index contributed by atoms with van der Waals surface area (Å²) in [5.41, 5.74) is 11.0. The van der Waals surface area contributed by atoms with Gasteiger partial charge < -0.3 is 41.5 Å². The molecule has 1 aliphatic carbocycles. The largest absolute Gasteiger partial charge is 0.391 e. The number of carbonyl (C=O) groups excluding carboxylic acids is 5. The monoisotopic (exact) mass is 1110 g/mol. The number of unbranched alkanes of at least 4 members (excludes halogenated alkanes) is 5. The number of anilines is 2. The second-order valence-corrected chi connectivity index (χ2v) is 25.5. The molecule has 4 fully saturated rings. The number of nitrogens with one attached hydrogen (secondary N) is 3. The number of aliphatic hydroxyl groups is 1. The van der Waals surface area contributed by atoms with Crippen LogP contribution in [0.25, 0.3) is 10.4 Å². The number of β-amino-alcohol motifs (C(OH)–C–C–N with tert-alkyl or cyclic N) is 1. The predicted octanol–water partition coefficient (Wildman–Crippen LogP) is 7.98. The van der Waals surface area contributed by atoms with Gasteiger partial charge in [0.1, 0.15) is 22.9 Å². The number of benzene rings is 2. The fourth-order valence-corrected chi connectivity index (χ4v) is 12.9. The van der Waals surface area contributed by atoms with Crippen LogP contribution in [0.2, 0.25) is 0 Å². The van der Waals surface area contributed by atoms with E-state index < -0.39 is 23.6 Å². The number of hydrogen-bond donors (Lipinski definition) is 5. The van der Waals surface area contributed by atoms with Crippen LogP contribution in [0.5, 0.6) is 0 Å². The van der Waals surface area contributed by atoms with Gasteiger partial charge in [0, 0.05) is 86.6 Å². The molecule has 8 rings (SSSR count). The van der Waals surface area contributed by atoms with Gasteiger partial charge in [0.05, 0.1) is 40.6 Å². The van der Waals surface area contributed by atoms with Gasteiger partial charge in [-0.15, -0.1) is 11.3 Å². The molecule has 3 aliphatic heterocycles. The molecule has 78 heavy (non-hydrogen) atoms. The Labute approximate surface area is 469 Å². The molecule has 5 heterocycles. The summed E-state index contributed by atoms with van der Waals surface area (Å²) in [5, 5.41) is 20.6. The van der Waals surface area contributed by atoms with E-state index in [0.717, 1.165) is 128 Å². The summed E-state index contributed by atoms with van der Waals surface area (Å²) in [6.07, 6.45) is 13.1. The van der Waals surface area contributed by atoms with Crippen LogP contribution in [0.4, 0.5) is 11.5 Å². The van der Waals surface area contributed by atoms with Crippen LogP contribution in [0, 0.1) is 24.2 Å². The van der Waals surface area contributed by atoms with Crippen molar-refractivity contribution in [1.29, 1.82) is 0 Å². The highest BCUT2D eigenvalue weighted by Crippen LogP contribution is 2.36. The van der Waals surface area contributed by atoms with Crippen molar-refractivity contribution in [3.8, 4) is 10.4 Å². The summed E-state index contributed by atoms with van der Waals surface area (Å²) in [7, 11) is 0. The molecule has 6 N–H and O–H groups in total. The summed E-state index contributed by atoms with van der Waals surface area (Å²) >= 11 is 3.08. The van der Waals surface area contributed by atoms with E-state index in [1.165, 1.54) is 16.7 Å². The number of amides is 5. The number of piperidine rings is 1. The fourth-order valence-electron chi connectivity index (χ4n) is 11.3. The highest BCUT2D eigenvalue weighted by Gasteiger charge is 2.45. The maximum atomic E-state index is 14.2. The molecule has 4 aromatic rings. The highest BCUT2D eigenvalue weighted by atomic mass is 32.2. The van der Waals surface area contributed by atoms with Crippen molar-refractivity contribution >= 4 is 64.1 Å². The van der Waals surface area contributed by atoms with Crippen LogP contribution < -0.4 is 26.6 Å². The molecule has 0 spiro atoms. The Morgan fingerprint density at radius 2 is 1.56 bits per heavy atom. The van der Waals surface area contributed by atoms with E-state index in [1.807, 2.05) is 99.8 Å². The molecule has 1 saturated carbocycles. The Bertz CT molecular complexity index is 2660. The lowest BCUT2D eigenvalue weighted by atomic mass is 9.85. The number of rotatable bonds is 21. The number of thiazole rings is 1. The summed E-state index contributed by atoms with van der Waals surface area (Å²) in [4.78, 5) is 92.6. The van der Waals surface area contributed by atoms with Crippen molar-refractivity contribution in [2.24, 2.45) is 23.0 Å². The van der Waals surface area contributed by atoms with Gasteiger partial charge >= 0.3 is 0 Å². The van der Waals surface area contributed by atoms with E-state index in [1.54, 1.807) is 17.5 Å². The van der Waals surface area contributed by atoms with Gasteiger partial charge in [0.2, 0.25) is 29.5 Å². The number of aryl methyl sites for hydroxylation is 1. The van der Waals surface area contributed by atoms with Crippen LogP contribution in [0.1, 0.15) is 135 Å². The van der Waals surface area contributed by atoms with Gasteiger partial charge in [-0.3, -0.25) is 28.9 Å². The average Bonchev–Trinajstić information content (AvgIpc) is 4.22. The Kier molecular flexibility index (Phi) is 20.1. The lowest BCUT2D eigenvalue weighted by molar-refractivity contribution is -0.144. The van der Waals surface area contributed by atoms with Crippen molar-refractivity contribution in [2.75, 3.05) is 62.6 Å². The smallest absolute Gasteiger partial charge is 0.246 e. The zero-order chi connectivity index (χ0) is 55.6. The van der Waals surface area contributed by atoms with Gasteiger partial charge in [-0.25, -0.2) is 15.0 Å². The lowest BCUT2D eigenvalue weighted by Gasteiger charge is -2.37. The average molecular weight is 1110 g/mol. The Morgan fingerprint density at radius 3 is 2.24 bits per heavy atom. The van der Waals surface area contributed by atoms with Crippen LogP contribution in [-0.2, 0) is 24.0 Å². The van der Waals surface area contributed by atoms with Crippen LogP contribution in [0.3, 0.4) is 0 Å². The van der Waals surface area contributed by atoms with Gasteiger partial charge in [0.25, 0.3) is 0 Å². The Balaban J connectivity index is 0.695. The van der Waals surface area contributed by atoms with Crippen molar-refractivity contribution in [3.63, 3.8) is 0 Å². The first-order valence-electron chi connectivity index (χ1n) is 28.4. The van der Waals surface area contributed by atoms with E-state index in [0.29, 0.717) is 38.0 Å². The highest BCUT2D eigenvalue weighted by molar-refractivity contribution is 7.99.